The van der Waals surface area contributed by atoms with Crippen LogP contribution in [0.2, 0.25) is 0 Å². The van der Waals surface area contributed by atoms with E-state index in [2.05, 4.69) is 0 Å². The Morgan fingerprint density at radius 3 is 2.29 bits per heavy atom. The van der Waals surface area contributed by atoms with Crippen molar-refractivity contribution in [3.63, 3.8) is 0 Å². The van der Waals surface area contributed by atoms with Gasteiger partial charge in [-0.05, 0) is 23.8 Å². The van der Waals surface area contributed by atoms with Crippen LogP contribution in [-0.4, -0.2) is 38.0 Å². The average molecular weight is 306 g/mol. The summed E-state index contributed by atoms with van der Waals surface area (Å²) in [5.41, 5.74) is 8.28. The maximum Gasteiger partial charge on any atom is 0.242 e. The molecule has 112 valence electrons. The van der Waals surface area contributed by atoms with Gasteiger partial charge in [-0.2, -0.15) is 4.31 Å². The van der Waals surface area contributed by atoms with E-state index < -0.39 is 10.0 Å². The fourth-order valence-corrected chi connectivity index (χ4v) is 3.17. The van der Waals surface area contributed by atoms with Crippen molar-refractivity contribution in [1.29, 1.82) is 0 Å². The van der Waals surface area contributed by atoms with Crippen molar-refractivity contribution >= 4 is 15.7 Å². The zero-order valence-electron chi connectivity index (χ0n) is 11.7. The van der Waals surface area contributed by atoms with Gasteiger partial charge >= 0.3 is 0 Å². The van der Waals surface area contributed by atoms with Gasteiger partial charge in [-0.15, -0.1) is 0 Å². The van der Waals surface area contributed by atoms with Crippen LogP contribution in [0.5, 0.6) is 0 Å². The number of nitrogens with two attached hydrogens (primary N) is 1. The van der Waals surface area contributed by atoms with Crippen LogP contribution in [0.25, 0.3) is 11.1 Å². The molecule has 6 heteroatoms. The van der Waals surface area contributed by atoms with Crippen molar-refractivity contribution < 1.29 is 13.5 Å². The molecule has 2 aromatic rings. The zero-order chi connectivity index (χ0) is 15.5. The SMILES string of the molecule is CN(CCO)S(=O)(=O)c1ccc(-c2ccccc2N)cc1. The summed E-state index contributed by atoms with van der Waals surface area (Å²) in [6.07, 6.45) is 0. The summed E-state index contributed by atoms with van der Waals surface area (Å²) in [5.74, 6) is 0. The Balaban J connectivity index is 2.34. The highest BCUT2D eigenvalue weighted by atomic mass is 32.2. The molecule has 0 atom stereocenters. The number of sulfonamides is 1. The van der Waals surface area contributed by atoms with Crippen molar-refractivity contribution in [1.82, 2.24) is 4.31 Å². The summed E-state index contributed by atoms with van der Waals surface area (Å²) in [6, 6.07) is 14.0. The Kier molecular flexibility index (Phi) is 4.62. The van der Waals surface area contributed by atoms with Crippen molar-refractivity contribution in [2.45, 2.75) is 4.90 Å². The van der Waals surface area contributed by atoms with E-state index >= 15 is 0 Å². The van der Waals surface area contributed by atoms with Gasteiger partial charge in [-0.3, -0.25) is 0 Å². The van der Waals surface area contributed by atoms with Crippen LogP contribution in [0, 0.1) is 0 Å². The van der Waals surface area contributed by atoms with E-state index in [4.69, 9.17) is 10.8 Å². The third-order valence-electron chi connectivity index (χ3n) is 3.25. The van der Waals surface area contributed by atoms with Crippen LogP contribution in [0.15, 0.2) is 53.4 Å². The fourth-order valence-electron chi connectivity index (χ4n) is 2.01. The van der Waals surface area contributed by atoms with Crippen molar-refractivity contribution in [3.8, 4) is 11.1 Å². The molecular weight excluding hydrogens is 288 g/mol. The molecule has 2 rings (SSSR count). The molecule has 21 heavy (non-hydrogen) atoms. The lowest BCUT2D eigenvalue weighted by atomic mass is 10.0. The molecule has 0 unspecified atom stereocenters. The molecule has 0 radical (unpaired) electrons. The Hall–Kier alpha value is -1.89. The van der Waals surface area contributed by atoms with Gasteiger partial charge in [-0.1, -0.05) is 30.3 Å². The highest BCUT2D eigenvalue weighted by Gasteiger charge is 2.20. The maximum absolute atomic E-state index is 12.2. The largest absolute Gasteiger partial charge is 0.398 e. The number of anilines is 1. The lowest BCUT2D eigenvalue weighted by molar-refractivity contribution is 0.266. The third-order valence-corrected chi connectivity index (χ3v) is 5.12. The van der Waals surface area contributed by atoms with Gasteiger partial charge < -0.3 is 10.8 Å². The standard InChI is InChI=1S/C15H18N2O3S/c1-17(10-11-18)21(19,20)13-8-6-12(7-9-13)14-4-2-3-5-15(14)16/h2-9,18H,10-11,16H2,1H3. The number of hydrogen-bond acceptors (Lipinski definition) is 4. The smallest absolute Gasteiger partial charge is 0.242 e. The van der Waals surface area contributed by atoms with Crippen LogP contribution in [0.3, 0.4) is 0 Å². The first-order chi connectivity index (χ1) is 9.96. The quantitative estimate of drug-likeness (QED) is 0.821. The second kappa shape index (κ2) is 6.26. The van der Waals surface area contributed by atoms with Crippen LogP contribution >= 0.6 is 0 Å². The van der Waals surface area contributed by atoms with Crippen LogP contribution in [-0.2, 0) is 10.0 Å². The molecule has 0 spiro atoms. The van der Waals surface area contributed by atoms with Gasteiger partial charge in [0.15, 0.2) is 0 Å². The number of para-hydroxylation sites is 1. The summed E-state index contributed by atoms with van der Waals surface area (Å²) in [6.45, 7) is -0.149. The lowest BCUT2D eigenvalue weighted by Gasteiger charge is -2.16. The summed E-state index contributed by atoms with van der Waals surface area (Å²) in [4.78, 5) is 0.191. The minimum absolute atomic E-state index is 0.0652. The van der Waals surface area contributed by atoms with Crippen molar-refractivity contribution in [2.75, 3.05) is 25.9 Å². The molecule has 0 bridgehead atoms. The molecule has 3 N–H and O–H groups in total. The number of likely N-dealkylation sites (N-methyl/N-ethyl adjacent to an activating group) is 1. The van der Waals surface area contributed by atoms with E-state index in [0.717, 1.165) is 15.4 Å². The molecule has 0 saturated heterocycles. The van der Waals surface area contributed by atoms with Crippen molar-refractivity contribution in [2.24, 2.45) is 0 Å². The first-order valence-corrected chi connectivity index (χ1v) is 7.93. The molecule has 0 heterocycles. The van der Waals surface area contributed by atoms with E-state index in [0.29, 0.717) is 5.69 Å². The second-order valence-corrected chi connectivity index (χ2v) is 6.71. The first-order valence-electron chi connectivity index (χ1n) is 6.49. The summed E-state index contributed by atoms with van der Waals surface area (Å²) < 4.78 is 25.6. The number of nitrogen functional groups attached to an aromatic ring is 1. The van der Waals surface area contributed by atoms with E-state index in [1.54, 1.807) is 30.3 Å². The van der Waals surface area contributed by atoms with Gasteiger partial charge in [0.1, 0.15) is 0 Å². The minimum Gasteiger partial charge on any atom is -0.398 e. The molecule has 2 aromatic carbocycles. The number of aliphatic hydroxyl groups is 1. The van der Waals surface area contributed by atoms with E-state index in [9.17, 15) is 8.42 Å². The average Bonchev–Trinajstić information content (AvgIpc) is 2.48. The Morgan fingerprint density at radius 1 is 1.10 bits per heavy atom. The predicted molar refractivity (Wildman–Crippen MR) is 83.2 cm³/mol. The normalized spacial score (nSPS) is 11.8. The van der Waals surface area contributed by atoms with Gasteiger partial charge in [-0.25, -0.2) is 8.42 Å². The lowest BCUT2D eigenvalue weighted by Crippen LogP contribution is -2.29. The summed E-state index contributed by atoms with van der Waals surface area (Å²) in [5, 5.41) is 8.85. The number of rotatable bonds is 5. The number of nitrogens with zero attached hydrogens (tertiary/aromatic N) is 1. The fraction of sp³-hybridized carbons (Fsp3) is 0.200. The van der Waals surface area contributed by atoms with Gasteiger partial charge in [0.25, 0.3) is 0 Å². The molecule has 0 aliphatic carbocycles. The number of hydrogen-bond donors (Lipinski definition) is 2. The monoisotopic (exact) mass is 306 g/mol. The highest BCUT2D eigenvalue weighted by Crippen LogP contribution is 2.26. The Morgan fingerprint density at radius 2 is 1.71 bits per heavy atom. The zero-order valence-corrected chi connectivity index (χ0v) is 12.5. The molecule has 0 saturated carbocycles. The predicted octanol–water partition coefficient (Wildman–Crippen LogP) is 1.55. The molecule has 0 aliphatic heterocycles. The van der Waals surface area contributed by atoms with E-state index in [-0.39, 0.29) is 18.0 Å². The summed E-state index contributed by atoms with van der Waals surface area (Å²) in [7, 11) is -2.13. The number of aliphatic hydroxyl groups excluding tert-OH is 1. The maximum atomic E-state index is 12.2. The molecule has 0 aromatic heterocycles. The van der Waals surface area contributed by atoms with Gasteiger partial charge in [0.2, 0.25) is 10.0 Å². The summed E-state index contributed by atoms with van der Waals surface area (Å²) >= 11 is 0. The van der Waals surface area contributed by atoms with Crippen LogP contribution in [0.1, 0.15) is 0 Å². The number of benzene rings is 2. The first kappa shape index (κ1) is 15.5. The van der Waals surface area contributed by atoms with Crippen molar-refractivity contribution in [3.05, 3.63) is 48.5 Å². The Labute approximate surface area is 124 Å². The highest BCUT2D eigenvalue weighted by molar-refractivity contribution is 7.89. The van der Waals surface area contributed by atoms with Gasteiger partial charge in [0, 0.05) is 24.8 Å². The Bertz CT molecular complexity index is 712. The molecule has 0 fully saturated rings. The van der Waals surface area contributed by atoms with E-state index in [1.165, 1.54) is 7.05 Å². The second-order valence-electron chi connectivity index (χ2n) is 4.66. The van der Waals surface area contributed by atoms with Crippen LogP contribution in [0.4, 0.5) is 5.69 Å². The van der Waals surface area contributed by atoms with Crippen LogP contribution < -0.4 is 5.73 Å². The third kappa shape index (κ3) is 3.24. The molecule has 0 amide bonds. The molecule has 5 nitrogen and oxygen atoms in total. The minimum atomic E-state index is -3.57. The van der Waals surface area contributed by atoms with Gasteiger partial charge in [0.05, 0.1) is 11.5 Å². The van der Waals surface area contributed by atoms with E-state index in [1.807, 2.05) is 18.2 Å². The topological polar surface area (TPSA) is 83.6 Å². The molecular formula is C15H18N2O3S. The molecule has 0 aliphatic rings.